The zero-order valence-electron chi connectivity index (χ0n) is 9.59. The summed E-state index contributed by atoms with van der Waals surface area (Å²) in [6.07, 6.45) is 1.12. The minimum absolute atomic E-state index is 0.248. The number of nitrogens with zero attached hydrogens (tertiary/aromatic N) is 4. The van der Waals surface area contributed by atoms with Gasteiger partial charge in [0, 0.05) is 37.7 Å². The molecule has 1 aromatic rings. The predicted octanol–water partition coefficient (Wildman–Crippen LogP) is 0.351. The molecule has 1 aliphatic heterocycles. The first-order valence-electron chi connectivity index (χ1n) is 5.68. The van der Waals surface area contributed by atoms with Gasteiger partial charge in [0.25, 0.3) is 0 Å². The molecule has 0 aliphatic carbocycles. The third kappa shape index (κ3) is 2.90. The first-order chi connectivity index (χ1) is 7.79. The molecule has 0 aromatic carbocycles. The molecule has 2 heterocycles. The highest BCUT2D eigenvalue weighted by Crippen LogP contribution is 2.18. The Hall–Kier alpha value is -0.720. The van der Waals surface area contributed by atoms with Gasteiger partial charge in [-0.25, -0.2) is 4.98 Å². The maximum atomic E-state index is 8.92. The summed E-state index contributed by atoms with van der Waals surface area (Å²) in [7, 11) is 0. The summed E-state index contributed by atoms with van der Waals surface area (Å²) in [6.45, 7) is 7.04. The van der Waals surface area contributed by atoms with E-state index in [4.69, 9.17) is 5.11 Å². The molecule has 1 saturated heterocycles. The molecule has 0 radical (unpaired) electrons. The number of aromatic nitrogens is 2. The topological polar surface area (TPSA) is 52.5 Å². The Morgan fingerprint density at radius 2 is 2.19 bits per heavy atom. The van der Waals surface area contributed by atoms with Crippen molar-refractivity contribution in [3.05, 3.63) is 5.82 Å². The highest BCUT2D eigenvalue weighted by Gasteiger charge is 2.16. The van der Waals surface area contributed by atoms with Gasteiger partial charge in [-0.15, -0.1) is 0 Å². The molecule has 1 aromatic heterocycles. The van der Waals surface area contributed by atoms with Gasteiger partial charge in [-0.1, -0.05) is 0 Å². The van der Waals surface area contributed by atoms with Gasteiger partial charge >= 0.3 is 0 Å². The van der Waals surface area contributed by atoms with Crippen LogP contribution in [0.15, 0.2) is 0 Å². The van der Waals surface area contributed by atoms with Crippen LogP contribution in [0.25, 0.3) is 0 Å². The Morgan fingerprint density at radius 3 is 2.88 bits per heavy atom. The van der Waals surface area contributed by atoms with Crippen molar-refractivity contribution in [3.63, 3.8) is 0 Å². The van der Waals surface area contributed by atoms with Crippen LogP contribution in [0.2, 0.25) is 0 Å². The van der Waals surface area contributed by atoms with E-state index in [2.05, 4.69) is 19.2 Å². The number of hydrogen-bond donors (Lipinski definition) is 1. The van der Waals surface area contributed by atoms with Crippen molar-refractivity contribution < 1.29 is 5.11 Å². The van der Waals surface area contributed by atoms with Crippen LogP contribution in [-0.2, 0) is 0 Å². The number of β-amino-alcohol motifs (C(OH)–C–C–N with tert-alkyl or cyclic N) is 1. The lowest BCUT2D eigenvalue weighted by Gasteiger charge is -2.20. The summed E-state index contributed by atoms with van der Waals surface area (Å²) < 4.78 is 4.21. The smallest absolute Gasteiger partial charge is 0.205 e. The number of aliphatic hydroxyl groups excluding tert-OH is 1. The van der Waals surface area contributed by atoms with Crippen molar-refractivity contribution in [1.82, 2.24) is 14.3 Å². The van der Waals surface area contributed by atoms with E-state index in [0.29, 0.717) is 0 Å². The molecule has 0 atom stereocenters. The van der Waals surface area contributed by atoms with Crippen LogP contribution < -0.4 is 4.90 Å². The summed E-state index contributed by atoms with van der Waals surface area (Å²) in [4.78, 5) is 9.01. The van der Waals surface area contributed by atoms with Gasteiger partial charge in [0.1, 0.15) is 5.82 Å². The Kier molecular flexibility index (Phi) is 4.09. The monoisotopic (exact) mass is 242 g/mol. The number of aryl methyl sites for hydroxylation is 1. The van der Waals surface area contributed by atoms with Crippen molar-refractivity contribution in [2.24, 2.45) is 0 Å². The molecule has 90 valence electrons. The number of hydrogen-bond acceptors (Lipinski definition) is 6. The maximum Gasteiger partial charge on any atom is 0.205 e. The van der Waals surface area contributed by atoms with Gasteiger partial charge in [-0.05, 0) is 19.9 Å². The van der Waals surface area contributed by atoms with Crippen molar-refractivity contribution >= 4 is 16.7 Å². The average molecular weight is 242 g/mol. The number of anilines is 1. The fourth-order valence-electron chi connectivity index (χ4n) is 1.94. The number of aliphatic hydroxyl groups is 1. The van der Waals surface area contributed by atoms with Gasteiger partial charge in [0.15, 0.2) is 0 Å². The van der Waals surface area contributed by atoms with Crippen molar-refractivity contribution in [3.8, 4) is 0 Å². The van der Waals surface area contributed by atoms with Gasteiger partial charge in [-0.2, -0.15) is 4.37 Å². The lowest BCUT2D eigenvalue weighted by Crippen LogP contribution is -2.32. The van der Waals surface area contributed by atoms with E-state index in [9.17, 15) is 0 Å². The normalized spacial score (nSPS) is 18.8. The lowest BCUT2D eigenvalue weighted by atomic mass is 10.4. The molecule has 1 N–H and O–H groups in total. The van der Waals surface area contributed by atoms with Crippen molar-refractivity contribution in [2.75, 3.05) is 44.2 Å². The molecule has 0 bridgehead atoms. The molecule has 1 fully saturated rings. The molecule has 2 rings (SSSR count). The van der Waals surface area contributed by atoms with E-state index in [-0.39, 0.29) is 6.61 Å². The van der Waals surface area contributed by atoms with E-state index >= 15 is 0 Å². The summed E-state index contributed by atoms with van der Waals surface area (Å²) in [5, 5.41) is 9.95. The highest BCUT2D eigenvalue weighted by atomic mass is 32.1. The van der Waals surface area contributed by atoms with Crippen LogP contribution in [0, 0.1) is 6.92 Å². The Balaban J connectivity index is 1.93. The van der Waals surface area contributed by atoms with Crippen LogP contribution in [-0.4, -0.2) is 58.7 Å². The third-order valence-electron chi connectivity index (χ3n) is 2.79. The Morgan fingerprint density at radius 1 is 1.31 bits per heavy atom. The summed E-state index contributed by atoms with van der Waals surface area (Å²) in [5.74, 6) is 0.858. The fraction of sp³-hybridized carbons (Fsp3) is 0.800. The summed E-state index contributed by atoms with van der Waals surface area (Å²) in [5.41, 5.74) is 0. The molecule has 5 nitrogen and oxygen atoms in total. The molecule has 0 unspecified atom stereocenters. The zero-order valence-corrected chi connectivity index (χ0v) is 10.4. The second kappa shape index (κ2) is 5.56. The van der Waals surface area contributed by atoms with Gasteiger partial charge < -0.3 is 10.0 Å². The summed E-state index contributed by atoms with van der Waals surface area (Å²) >= 11 is 1.48. The van der Waals surface area contributed by atoms with E-state index in [1.54, 1.807) is 0 Å². The lowest BCUT2D eigenvalue weighted by molar-refractivity contribution is 0.204. The van der Waals surface area contributed by atoms with E-state index in [1.807, 2.05) is 6.92 Å². The SMILES string of the molecule is Cc1nsc(N2CCCN(CCO)CC2)n1. The molecular weight excluding hydrogens is 224 g/mol. The van der Waals surface area contributed by atoms with E-state index in [0.717, 1.165) is 50.1 Å². The first kappa shape index (κ1) is 11.8. The Labute approximate surface area is 99.9 Å². The zero-order chi connectivity index (χ0) is 11.4. The van der Waals surface area contributed by atoms with Gasteiger partial charge in [-0.3, -0.25) is 4.90 Å². The molecule has 16 heavy (non-hydrogen) atoms. The second-order valence-corrected chi connectivity index (χ2v) is 4.76. The van der Waals surface area contributed by atoms with Crippen LogP contribution in [0.3, 0.4) is 0 Å². The van der Waals surface area contributed by atoms with Crippen molar-refractivity contribution in [1.29, 1.82) is 0 Å². The predicted molar refractivity (Wildman–Crippen MR) is 65.0 cm³/mol. The molecule has 1 aliphatic rings. The standard InChI is InChI=1S/C10H18N4OS/c1-9-11-10(16-12-9)14-4-2-3-13(5-6-14)7-8-15/h15H,2-8H2,1H3. The maximum absolute atomic E-state index is 8.92. The second-order valence-electron chi connectivity index (χ2n) is 4.03. The van der Waals surface area contributed by atoms with Crippen molar-refractivity contribution in [2.45, 2.75) is 13.3 Å². The first-order valence-corrected chi connectivity index (χ1v) is 6.45. The van der Waals surface area contributed by atoms with Crippen LogP contribution in [0.1, 0.15) is 12.2 Å². The Bertz CT molecular complexity index is 330. The molecular formula is C10H18N4OS. The largest absolute Gasteiger partial charge is 0.395 e. The number of rotatable bonds is 3. The third-order valence-corrected chi connectivity index (χ3v) is 3.66. The average Bonchev–Trinajstić information content (AvgIpc) is 2.57. The molecule has 0 saturated carbocycles. The molecule has 0 amide bonds. The van der Waals surface area contributed by atoms with Gasteiger partial charge in [0.05, 0.1) is 6.61 Å². The molecule has 6 heteroatoms. The molecule has 0 spiro atoms. The minimum atomic E-state index is 0.248. The van der Waals surface area contributed by atoms with Crippen LogP contribution in [0.5, 0.6) is 0 Å². The van der Waals surface area contributed by atoms with E-state index < -0.39 is 0 Å². The van der Waals surface area contributed by atoms with E-state index in [1.165, 1.54) is 11.5 Å². The van der Waals surface area contributed by atoms with Gasteiger partial charge in [0.2, 0.25) is 5.13 Å². The summed E-state index contributed by atoms with van der Waals surface area (Å²) in [6, 6.07) is 0. The highest BCUT2D eigenvalue weighted by molar-refractivity contribution is 7.09. The minimum Gasteiger partial charge on any atom is -0.395 e. The van der Waals surface area contributed by atoms with Crippen LogP contribution >= 0.6 is 11.5 Å². The fourth-order valence-corrected chi connectivity index (χ4v) is 2.67. The van der Waals surface area contributed by atoms with Crippen LogP contribution in [0.4, 0.5) is 5.13 Å². The quantitative estimate of drug-likeness (QED) is 0.829.